The van der Waals surface area contributed by atoms with Crippen molar-refractivity contribution in [2.24, 2.45) is 0 Å². The van der Waals surface area contributed by atoms with Crippen molar-refractivity contribution < 1.29 is 22.4 Å². The van der Waals surface area contributed by atoms with Crippen LogP contribution in [0.1, 0.15) is 42.3 Å². The Bertz CT molecular complexity index is 1650. The van der Waals surface area contributed by atoms with Crippen LogP contribution in [0.4, 0.5) is 21.5 Å². The number of carbonyl (C=O) groups excluding carboxylic acids is 2. The minimum absolute atomic E-state index is 0.0328. The molecule has 4 aromatic rings. The van der Waals surface area contributed by atoms with Gasteiger partial charge >= 0.3 is 0 Å². The van der Waals surface area contributed by atoms with Gasteiger partial charge in [-0.2, -0.15) is 0 Å². The number of halogens is 1. The number of anilines is 3. The number of carbonyl (C=O) groups is 2. The smallest absolute Gasteiger partial charge is 0.264 e. The van der Waals surface area contributed by atoms with Gasteiger partial charge in [0, 0.05) is 16.9 Å². The van der Waals surface area contributed by atoms with E-state index in [1.165, 1.54) is 0 Å². The zero-order chi connectivity index (χ0) is 29.8. The molecule has 0 saturated heterocycles. The summed E-state index contributed by atoms with van der Waals surface area (Å²) in [5, 5.41) is 5.53. The SMILES string of the molecule is Cc1ccc(N(CC(=O)Nc2cccc(NC(=O)c3ccc(C(C)(C)C)cc3)c2)S(=O)(=O)c2ccc(F)cc2)cc1. The van der Waals surface area contributed by atoms with E-state index in [2.05, 4.69) is 31.4 Å². The van der Waals surface area contributed by atoms with Crippen LogP contribution >= 0.6 is 0 Å². The van der Waals surface area contributed by atoms with Gasteiger partial charge in [0.15, 0.2) is 0 Å². The van der Waals surface area contributed by atoms with Gasteiger partial charge in [0.25, 0.3) is 15.9 Å². The molecule has 0 aliphatic heterocycles. The fourth-order valence-electron chi connectivity index (χ4n) is 4.09. The average Bonchev–Trinajstić information content (AvgIpc) is 2.92. The van der Waals surface area contributed by atoms with Crippen molar-refractivity contribution in [3.05, 3.63) is 120 Å². The van der Waals surface area contributed by atoms with Gasteiger partial charge in [-0.05, 0) is 84.6 Å². The molecule has 7 nitrogen and oxygen atoms in total. The average molecular weight is 574 g/mol. The summed E-state index contributed by atoms with van der Waals surface area (Å²) in [5.41, 5.74) is 3.61. The number of aryl methyl sites for hydroxylation is 1. The molecule has 9 heteroatoms. The van der Waals surface area contributed by atoms with Gasteiger partial charge in [0.2, 0.25) is 5.91 Å². The minimum atomic E-state index is -4.19. The molecule has 41 heavy (non-hydrogen) atoms. The van der Waals surface area contributed by atoms with Gasteiger partial charge in [-0.25, -0.2) is 12.8 Å². The summed E-state index contributed by atoms with van der Waals surface area (Å²) in [6.45, 7) is 7.63. The lowest BCUT2D eigenvalue weighted by atomic mass is 9.87. The molecular weight excluding hydrogens is 541 g/mol. The van der Waals surface area contributed by atoms with Crippen molar-refractivity contribution in [3.63, 3.8) is 0 Å². The third-order valence-corrected chi connectivity index (χ3v) is 8.22. The molecule has 4 rings (SSSR count). The third kappa shape index (κ3) is 7.37. The molecule has 4 aromatic carbocycles. The zero-order valence-corrected chi connectivity index (χ0v) is 24.1. The Morgan fingerprint density at radius 3 is 1.98 bits per heavy atom. The Morgan fingerprint density at radius 1 is 0.805 bits per heavy atom. The summed E-state index contributed by atoms with van der Waals surface area (Å²) >= 11 is 0. The first kappa shape index (κ1) is 29.5. The maximum atomic E-state index is 13.5. The largest absolute Gasteiger partial charge is 0.324 e. The number of nitrogens with one attached hydrogen (secondary N) is 2. The van der Waals surface area contributed by atoms with Crippen molar-refractivity contribution in [3.8, 4) is 0 Å². The molecule has 0 aliphatic rings. The third-order valence-electron chi connectivity index (χ3n) is 6.43. The van der Waals surface area contributed by atoms with Gasteiger partial charge in [-0.15, -0.1) is 0 Å². The number of hydrogen-bond acceptors (Lipinski definition) is 4. The number of nitrogens with zero attached hydrogens (tertiary/aromatic N) is 1. The number of sulfonamides is 1. The quantitative estimate of drug-likeness (QED) is 0.251. The topological polar surface area (TPSA) is 95.6 Å². The Labute approximate surface area is 240 Å². The molecule has 0 aromatic heterocycles. The summed E-state index contributed by atoms with van der Waals surface area (Å²) in [6, 6.07) is 25.1. The van der Waals surface area contributed by atoms with E-state index in [1.807, 2.05) is 19.1 Å². The summed E-state index contributed by atoms with van der Waals surface area (Å²) in [5.74, 6) is -1.47. The van der Waals surface area contributed by atoms with E-state index >= 15 is 0 Å². The predicted octanol–water partition coefficient (Wildman–Crippen LogP) is 6.52. The molecule has 0 bridgehead atoms. The van der Waals surface area contributed by atoms with E-state index in [-0.39, 0.29) is 21.9 Å². The predicted molar refractivity (Wildman–Crippen MR) is 160 cm³/mol. The van der Waals surface area contributed by atoms with Gasteiger partial charge in [0.05, 0.1) is 10.6 Å². The van der Waals surface area contributed by atoms with Gasteiger partial charge in [0.1, 0.15) is 12.4 Å². The fourth-order valence-corrected chi connectivity index (χ4v) is 5.51. The molecule has 2 N–H and O–H groups in total. The van der Waals surface area contributed by atoms with Gasteiger partial charge < -0.3 is 10.6 Å². The van der Waals surface area contributed by atoms with Crippen LogP contribution in [0.2, 0.25) is 0 Å². The molecule has 0 spiro atoms. The lowest BCUT2D eigenvalue weighted by molar-refractivity contribution is -0.114. The van der Waals surface area contributed by atoms with Crippen LogP contribution in [-0.2, 0) is 20.2 Å². The van der Waals surface area contributed by atoms with Crippen LogP contribution < -0.4 is 14.9 Å². The van der Waals surface area contributed by atoms with Crippen LogP contribution in [0.5, 0.6) is 0 Å². The fraction of sp³-hybridized carbons (Fsp3) is 0.188. The maximum Gasteiger partial charge on any atom is 0.264 e. The Kier molecular flexibility index (Phi) is 8.58. The molecule has 0 radical (unpaired) electrons. The second kappa shape index (κ2) is 11.9. The second-order valence-electron chi connectivity index (χ2n) is 10.7. The van der Waals surface area contributed by atoms with Crippen LogP contribution in [0.25, 0.3) is 0 Å². The van der Waals surface area contributed by atoms with E-state index in [9.17, 15) is 22.4 Å². The van der Waals surface area contributed by atoms with Crippen molar-refractivity contribution in [1.82, 2.24) is 0 Å². The molecule has 212 valence electrons. The maximum absolute atomic E-state index is 13.5. The molecule has 0 saturated carbocycles. The first-order valence-electron chi connectivity index (χ1n) is 13.0. The summed E-state index contributed by atoms with van der Waals surface area (Å²) in [4.78, 5) is 25.8. The monoisotopic (exact) mass is 573 g/mol. The number of benzene rings is 4. The normalized spacial score (nSPS) is 11.5. The number of rotatable bonds is 8. The minimum Gasteiger partial charge on any atom is -0.324 e. The van der Waals surface area contributed by atoms with Crippen molar-refractivity contribution in [2.45, 2.75) is 38.0 Å². The van der Waals surface area contributed by atoms with Crippen LogP contribution in [0, 0.1) is 12.7 Å². The van der Waals surface area contributed by atoms with Crippen molar-refractivity contribution >= 4 is 38.9 Å². The molecule has 2 amide bonds. The lowest BCUT2D eigenvalue weighted by Gasteiger charge is -2.24. The summed E-state index contributed by atoms with van der Waals surface area (Å²) in [6.07, 6.45) is 0. The second-order valence-corrected chi connectivity index (χ2v) is 12.6. The lowest BCUT2D eigenvalue weighted by Crippen LogP contribution is -2.38. The highest BCUT2D eigenvalue weighted by molar-refractivity contribution is 7.92. The van der Waals surface area contributed by atoms with E-state index in [4.69, 9.17) is 0 Å². The number of hydrogen-bond donors (Lipinski definition) is 2. The van der Waals surface area contributed by atoms with E-state index < -0.39 is 28.3 Å². The Balaban J connectivity index is 1.50. The molecule has 0 heterocycles. The van der Waals surface area contributed by atoms with Crippen molar-refractivity contribution in [2.75, 3.05) is 21.5 Å². The molecular formula is C32H32FN3O4S. The highest BCUT2D eigenvalue weighted by Gasteiger charge is 2.27. The standard InChI is InChI=1S/C32H32FN3O4S/c1-22-8-16-28(17-9-22)36(41(39,40)29-18-14-25(33)15-19-29)21-30(37)34-26-6-5-7-27(20-26)35-31(38)23-10-12-24(13-11-23)32(2,3)4/h5-20H,21H2,1-4H3,(H,34,37)(H,35,38). The van der Waals surface area contributed by atoms with E-state index in [1.54, 1.807) is 60.7 Å². The number of amides is 2. The first-order valence-corrected chi connectivity index (χ1v) is 14.4. The Morgan fingerprint density at radius 2 is 1.39 bits per heavy atom. The molecule has 0 aliphatic carbocycles. The summed E-state index contributed by atoms with van der Waals surface area (Å²) < 4.78 is 41.4. The van der Waals surface area contributed by atoms with Crippen molar-refractivity contribution in [1.29, 1.82) is 0 Å². The van der Waals surface area contributed by atoms with Gasteiger partial charge in [-0.1, -0.05) is 56.7 Å². The Hall–Kier alpha value is -4.50. The van der Waals surface area contributed by atoms with Gasteiger partial charge in [-0.3, -0.25) is 13.9 Å². The highest BCUT2D eigenvalue weighted by Crippen LogP contribution is 2.26. The zero-order valence-electron chi connectivity index (χ0n) is 23.3. The van der Waals surface area contributed by atoms with Crippen LogP contribution in [-0.4, -0.2) is 26.8 Å². The first-order chi connectivity index (χ1) is 19.3. The van der Waals surface area contributed by atoms with Crippen LogP contribution in [0.15, 0.2) is 102 Å². The molecule has 0 unspecified atom stereocenters. The summed E-state index contributed by atoms with van der Waals surface area (Å²) in [7, 11) is -4.19. The molecule has 0 atom stereocenters. The van der Waals surface area contributed by atoms with E-state index in [0.717, 1.165) is 39.7 Å². The van der Waals surface area contributed by atoms with Crippen LogP contribution in [0.3, 0.4) is 0 Å². The van der Waals surface area contributed by atoms with E-state index in [0.29, 0.717) is 16.9 Å². The highest BCUT2D eigenvalue weighted by atomic mass is 32.2. The molecule has 0 fully saturated rings.